The standard InChI is InChI=1S/C13H18O2/c1-8-5-10(14)7-13(3,4)11(8)6-12-9(2)15-12/h5-6,9,12H,7H2,1-4H3/b11-6-. The fourth-order valence-corrected chi connectivity index (χ4v) is 2.33. The molecule has 1 saturated heterocycles. The van der Waals surface area contributed by atoms with Crippen molar-refractivity contribution in [3.8, 4) is 0 Å². The molecule has 82 valence electrons. The van der Waals surface area contributed by atoms with E-state index in [2.05, 4.69) is 26.8 Å². The van der Waals surface area contributed by atoms with Crippen LogP contribution in [0.3, 0.4) is 0 Å². The molecule has 0 bridgehead atoms. The van der Waals surface area contributed by atoms with Crippen molar-refractivity contribution in [1.82, 2.24) is 0 Å². The van der Waals surface area contributed by atoms with Crippen LogP contribution in [-0.4, -0.2) is 18.0 Å². The molecule has 0 amide bonds. The van der Waals surface area contributed by atoms with Crippen molar-refractivity contribution in [2.75, 3.05) is 0 Å². The molecule has 1 aliphatic heterocycles. The van der Waals surface area contributed by atoms with Gasteiger partial charge in [-0.25, -0.2) is 0 Å². The molecule has 0 aromatic carbocycles. The average Bonchev–Trinajstić information content (AvgIpc) is 2.73. The molecule has 0 saturated carbocycles. The van der Waals surface area contributed by atoms with Crippen LogP contribution < -0.4 is 0 Å². The molecule has 2 heteroatoms. The fraction of sp³-hybridized carbons (Fsp3) is 0.615. The number of rotatable bonds is 1. The molecular weight excluding hydrogens is 188 g/mol. The molecule has 15 heavy (non-hydrogen) atoms. The quantitative estimate of drug-likeness (QED) is 0.617. The highest BCUT2D eigenvalue weighted by Crippen LogP contribution is 2.41. The zero-order chi connectivity index (χ0) is 11.2. The predicted molar refractivity (Wildman–Crippen MR) is 59.6 cm³/mol. The second-order valence-electron chi connectivity index (χ2n) is 5.24. The van der Waals surface area contributed by atoms with E-state index in [4.69, 9.17) is 4.74 Å². The van der Waals surface area contributed by atoms with Crippen LogP contribution in [0.4, 0.5) is 0 Å². The van der Waals surface area contributed by atoms with Crippen molar-refractivity contribution >= 4 is 5.78 Å². The number of carbonyl (C=O) groups excluding carboxylic acids is 1. The van der Waals surface area contributed by atoms with Crippen LogP contribution in [0.1, 0.15) is 34.1 Å². The van der Waals surface area contributed by atoms with Gasteiger partial charge in [-0.3, -0.25) is 4.79 Å². The third-order valence-electron chi connectivity index (χ3n) is 3.24. The third-order valence-corrected chi connectivity index (χ3v) is 3.24. The average molecular weight is 206 g/mol. The van der Waals surface area contributed by atoms with Gasteiger partial charge < -0.3 is 4.74 Å². The molecular formula is C13H18O2. The van der Waals surface area contributed by atoms with Crippen LogP contribution in [0.25, 0.3) is 0 Å². The molecule has 0 radical (unpaired) electrons. The number of allylic oxidation sites excluding steroid dienone is 3. The summed E-state index contributed by atoms with van der Waals surface area (Å²) in [4.78, 5) is 11.5. The fourth-order valence-electron chi connectivity index (χ4n) is 2.33. The van der Waals surface area contributed by atoms with Crippen molar-refractivity contribution in [3.05, 3.63) is 23.3 Å². The van der Waals surface area contributed by atoms with Gasteiger partial charge in [-0.15, -0.1) is 0 Å². The number of hydrogen-bond donors (Lipinski definition) is 0. The van der Waals surface area contributed by atoms with Gasteiger partial charge in [-0.1, -0.05) is 13.8 Å². The summed E-state index contributed by atoms with van der Waals surface area (Å²) < 4.78 is 5.40. The highest BCUT2D eigenvalue weighted by molar-refractivity contribution is 5.93. The molecule has 1 fully saturated rings. The molecule has 1 heterocycles. The molecule has 2 nitrogen and oxygen atoms in total. The first-order valence-corrected chi connectivity index (χ1v) is 5.49. The Kier molecular flexibility index (Phi) is 2.34. The van der Waals surface area contributed by atoms with Gasteiger partial charge in [0.05, 0.1) is 6.10 Å². The maximum atomic E-state index is 11.5. The maximum absolute atomic E-state index is 11.5. The van der Waals surface area contributed by atoms with Crippen molar-refractivity contribution in [3.63, 3.8) is 0 Å². The smallest absolute Gasteiger partial charge is 0.156 e. The number of ketones is 1. The van der Waals surface area contributed by atoms with E-state index in [1.54, 1.807) is 6.08 Å². The van der Waals surface area contributed by atoms with Crippen LogP contribution in [0.5, 0.6) is 0 Å². The van der Waals surface area contributed by atoms with Gasteiger partial charge in [-0.05, 0) is 42.6 Å². The zero-order valence-electron chi connectivity index (χ0n) is 9.83. The Bertz CT molecular complexity index is 361. The van der Waals surface area contributed by atoms with Crippen molar-refractivity contribution in [1.29, 1.82) is 0 Å². The topological polar surface area (TPSA) is 29.6 Å². The van der Waals surface area contributed by atoms with E-state index in [0.717, 1.165) is 5.57 Å². The first-order valence-electron chi connectivity index (χ1n) is 5.49. The van der Waals surface area contributed by atoms with Crippen LogP contribution >= 0.6 is 0 Å². The van der Waals surface area contributed by atoms with Crippen LogP contribution in [0, 0.1) is 5.41 Å². The van der Waals surface area contributed by atoms with E-state index in [1.807, 2.05) is 6.92 Å². The van der Waals surface area contributed by atoms with Crippen molar-refractivity contribution < 1.29 is 9.53 Å². The van der Waals surface area contributed by atoms with Gasteiger partial charge in [0.25, 0.3) is 0 Å². The molecule has 1 aliphatic carbocycles. The monoisotopic (exact) mass is 206 g/mol. The number of carbonyl (C=O) groups is 1. The Labute approximate surface area is 91.0 Å². The largest absolute Gasteiger partial charge is 0.365 e. The lowest BCUT2D eigenvalue weighted by molar-refractivity contribution is -0.116. The SMILES string of the molecule is CC1=CC(=O)CC(C)(C)/C1=C\C1OC1C. The number of ether oxygens (including phenoxy) is 1. The lowest BCUT2D eigenvalue weighted by atomic mass is 9.72. The summed E-state index contributed by atoms with van der Waals surface area (Å²) in [6.07, 6.45) is 5.15. The Morgan fingerprint density at radius 3 is 2.60 bits per heavy atom. The molecule has 2 aliphatic rings. The van der Waals surface area contributed by atoms with Gasteiger partial charge in [0.2, 0.25) is 0 Å². The first kappa shape index (κ1) is 10.6. The minimum Gasteiger partial charge on any atom is -0.365 e. The summed E-state index contributed by atoms with van der Waals surface area (Å²) >= 11 is 0. The third kappa shape index (κ3) is 2.05. The van der Waals surface area contributed by atoms with E-state index < -0.39 is 0 Å². The van der Waals surface area contributed by atoms with Gasteiger partial charge in [-0.2, -0.15) is 0 Å². The minimum atomic E-state index is -0.0401. The van der Waals surface area contributed by atoms with Crippen molar-refractivity contribution in [2.24, 2.45) is 5.41 Å². The van der Waals surface area contributed by atoms with Gasteiger partial charge >= 0.3 is 0 Å². The van der Waals surface area contributed by atoms with Gasteiger partial charge in [0.1, 0.15) is 6.10 Å². The molecule has 0 N–H and O–H groups in total. The summed E-state index contributed by atoms with van der Waals surface area (Å²) in [5.41, 5.74) is 2.33. The Balaban J connectivity index is 2.31. The van der Waals surface area contributed by atoms with Crippen molar-refractivity contribution in [2.45, 2.75) is 46.3 Å². The van der Waals surface area contributed by atoms with Crippen LogP contribution in [-0.2, 0) is 9.53 Å². The summed E-state index contributed by atoms with van der Waals surface area (Å²) in [5, 5.41) is 0. The van der Waals surface area contributed by atoms with Gasteiger partial charge in [0.15, 0.2) is 5.78 Å². The minimum absolute atomic E-state index is 0.0401. The van der Waals surface area contributed by atoms with E-state index >= 15 is 0 Å². The van der Waals surface area contributed by atoms with E-state index in [1.165, 1.54) is 5.57 Å². The molecule has 2 unspecified atom stereocenters. The highest BCUT2D eigenvalue weighted by atomic mass is 16.6. The highest BCUT2D eigenvalue weighted by Gasteiger charge is 2.37. The van der Waals surface area contributed by atoms with Crippen LogP contribution in [0.15, 0.2) is 23.3 Å². The van der Waals surface area contributed by atoms with Gasteiger partial charge in [0, 0.05) is 6.42 Å². The lowest BCUT2D eigenvalue weighted by Gasteiger charge is -2.31. The predicted octanol–water partition coefficient (Wildman–Crippen LogP) is 2.65. The Hall–Kier alpha value is -0.890. The Morgan fingerprint density at radius 2 is 2.13 bits per heavy atom. The second-order valence-corrected chi connectivity index (χ2v) is 5.24. The normalized spacial score (nSPS) is 36.7. The van der Waals surface area contributed by atoms with Crippen LogP contribution in [0.2, 0.25) is 0 Å². The maximum Gasteiger partial charge on any atom is 0.156 e. The second kappa shape index (κ2) is 3.31. The van der Waals surface area contributed by atoms with E-state index in [-0.39, 0.29) is 17.3 Å². The summed E-state index contributed by atoms with van der Waals surface area (Å²) in [6.45, 7) is 8.33. The molecule has 0 aromatic rings. The number of epoxide rings is 1. The summed E-state index contributed by atoms with van der Waals surface area (Å²) in [5.74, 6) is 0.236. The zero-order valence-corrected chi connectivity index (χ0v) is 9.83. The number of hydrogen-bond acceptors (Lipinski definition) is 2. The summed E-state index contributed by atoms with van der Waals surface area (Å²) in [7, 11) is 0. The molecule has 2 rings (SSSR count). The van der Waals surface area contributed by atoms with E-state index in [0.29, 0.717) is 12.5 Å². The lowest BCUT2D eigenvalue weighted by Crippen LogP contribution is -2.24. The Morgan fingerprint density at radius 1 is 1.53 bits per heavy atom. The molecule has 0 aromatic heterocycles. The first-order chi connectivity index (χ1) is 6.90. The van der Waals surface area contributed by atoms with E-state index in [9.17, 15) is 4.79 Å². The molecule has 0 spiro atoms. The molecule has 2 atom stereocenters. The summed E-state index contributed by atoms with van der Waals surface area (Å²) in [6, 6.07) is 0.